The molecule has 1 unspecified atom stereocenters. The summed E-state index contributed by atoms with van der Waals surface area (Å²) in [6.07, 6.45) is 10.7. The van der Waals surface area contributed by atoms with E-state index in [2.05, 4.69) is 0 Å². The van der Waals surface area contributed by atoms with Gasteiger partial charge in [0.2, 0.25) is 0 Å². The highest BCUT2D eigenvalue weighted by molar-refractivity contribution is 5.61. The lowest BCUT2D eigenvalue weighted by Crippen LogP contribution is -1.98. The van der Waals surface area contributed by atoms with Gasteiger partial charge in [-0.15, -0.1) is 0 Å². The van der Waals surface area contributed by atoms with Crippen molar-refractivity contribution in [1.29, 1.82) is 0 Å². The van der Waals surface area contributed by atoms with Crippen molar-refractivity contribution in [3.63, 3.8) is 0 Å². The van der Waals surface area contributed by atoms with Gasteiger partial charge in [-0.2, -0.15) is 0 Å². The predicted octanol–water partition coefficient (Wildman–Crippen LogP) is 1.65. The Morgan fingerprint density at radius 2 is 2.42 bits per heavy atom. The Bertz CT molecular complexity index is 278. The first kappa shape index (κ1) is 8.57. The second-order valence-electron chi connectivity index (χ2n) is 2.39. The molecule has 1 aliphatic carbocycles. The van der Waals surface area contributed by atoms with Crippen LogP contribution >= 0.6 is 0 Å². The standard InChI is InChI=1S/C10H10O2/c1-12-7-6-9-4-2-3-5-10(9)8-11/h2-7,9H,1H3. The number of allylic oxidation sites excluding steroid dienone is 6. The molecule has 0 spiro atoms. The minimum atomic E-state index is 0.00690. The molecular weight excluding hydrogens is 152 g/mol. The molecule has 62 valence electrons. The minimum Gasteiger partial charge on any atom is -0.505 e. The highest BCUT2D eigenvalue weighted by atomic mass is 16.5. The summed E-state index contributed by atoms with van der Waals surface area (Å²) in [7, 11) is 1.57. The SMILES string of the molecule is COC=CC1C=CC=CC1=C=O. The van der Waals surface area contributed by atoms with E-state index in [1.54, 1.807) is 25.5 Å². The van der Waals surface area contributed by atoms with Gasteiger partial charge in [-0.1, -0.05) is 18.2 Å². The van der Waals surface area contributed by atoms with Crippen LogP contribution in [-0.2, 0) is 9.53 Å². The summed E-state index contributed by atoms with van der Waals surface area (Å²) in [4.78, 5) is 10.4. The largest absolute Gasteiger partial charge is 0.505 e. The maximum absolute atomic E-state index is 10.4. The zero-order valence-corrected chi connectivity index (χ0v) is 6.86. The summed E-state index contributed by atoms with van der Waals surface area (Å²) in [5, 5.41) is 0. The summed E-state index contributed by atoms with van der Waals surface area (Å²) in [6.45, 7) is 0. The van der Waals surface area contributed by atoms with Crippen LogP contribution in [0.5, 0.6) is 0 Å². The first-order valence-corrected chi connectivity index (χ1v) is 3.68. The van der Waals surface area contributed by atoms with Crippen molar-refractivity contribution in [2.45, 2.75) is 0 Å². The molecule has 0 heterocycles. The summed E-state index contributed by atoms with van der Waals surface area (Å²) < 4.78 is 4.76. The van der Waals surface area contributed by atoms with Gasteiger partial charge in [0, 0.05) is 11.5 Å². The lowest BCUT2D eigenvalue weighted by Gasteiger charge is -2.07. The van der Waals surface area contributed by atoms with E-state index >= 15 is 0 Å². The van der Waals surface area contributed by atoms with Crippen LogP contribution < -0.4 is 0 Å². The van der Waals surface area contributed by atoms with E-state index < -0.39 is 0 Å². The van der Waals surface area contributed by atoms with Gasteiger partial charge in [0.25, 0.3) is 0 Å². The van der Waals surface area contributed by atoms with Gasteiger partial charge in [0.15, 0.2) is 0 Å². The van der Waals surface area contributed by atoms with Gasteiger partial charge in [-0.05, 0) is 12.2 Å². The lowest BCUT2D eigenvalue weighted by atomic mass is 9.96. The fourth-order valence-corrected chi connectivity index (χ4v) is 0.991. The average Bonchev–Trinajstić information content (AvgIpc) is 2.15. The van der Waals surface area contributed by atoms with Crippen molar-refractivity contribution in [1.82, 2.24) is 0 Å². The first-order valence-electron chi connectivity index (χ1n) is 3.68. The van der Waals surface area contributed by atoms with Crippen LogP contribution in [0.3, 0.4) is 0 Å². The topological polar surface area (TPSA) is 26.3 Å². The van der Waals surface area contributed by atoms with Crippen LogP contribution in [0.2, 0.25) is 0 Å². The molecule has 0 aromatic heterocycles. The number of methoxy groups -OCH3 is 1. The van der Waals surface area contributed by atoms with Gasteiger partial charge in [-0.25, -0.2) is 4.79 Å². The van der Waals surface area contributed by atoms with Crippen molar-refractivity contribution in [2.75, 3.05) is 7.11 Å². The highest BCUT2D eigenvalue weighted by Gasteiger charge is 2.07. The molecule has 0 saturated heterocycles. The van der Waals surface area contributed by atoms with Crippen molar-refractivity contribution in [2.24, 2.45) is 5.92 Å². The van der Waals surface area contributed by atoms with Crippen molar-refractivity contribution in [3.8, 4) is 0 Å². The maximum Gasteiger partial charge on any atom is 0.128 e. The van der Waals surface area contributed by atoms with Crippen molar-refractivity contribution in [3.05, 3.63) is 42.2 Å². The van der Waals surface area contributed by atoms with E-state index in [4.69, 9.17) is 4.74 Å². The number of rotatable bonds is 2. The zero-order chi connectivity index (χ0) is 8.81. The van der Waals surface area contributed by atoms with E-state index in [0.717, 1.165) is 0 Å². The molecule has 0 radical (unpaired) electrons. The van der Waals surface area contributed by atoms with Crippen molar-refractivity contribution >= 4 is 5.94 Å². The second-order valence-corrected chi connectivity index (χ2v) is 2.39. The number of carbonyl (C=O) groups excluding carboxylic acids is 1. The van der Waals surface area contributed by atoms with Crippen LogP contribution in [0.25, 0.3) is 0 Å². The maximum atomic E-state index is 10.4. The number of hydrogen-bond acceptors (Lipinski definition) is 2. The van der Waals surface area contributed by atoms with Crippen LogP contribution in [0.15, 0.2) is 42.2 Å². The van der Waals surface area contributed by atoms with E-state index in [1.807, 2.05) is 24.2 Å². The van der Waals surface area contributed by atoms with Crippen LogP contribution in [0, 0.1) is 5.92 Å². The summed E-state index contributed by atoms with van der Waals surface area (Å²) >= 11 is 0. The Balaban J connectivity index is 2.76. The Morgan fingerprint density at radius 1 is 1.58 bits per heavy atom. The van der Waals surface area contributed by atoms with Gasteiger partial charge >= 0.3 is 0 Å². The fraction of sp³-hybridized carbons (Fsp3) is 0.200. The van der Waals surface area contributed by atoms with Gasteiger partial charge < -0.3 is 4.74 Å². The third-order valence-electron chi connectivity index (χ3n) is 1.60. The zero-order valence-electron chi connectivity index (χ0n) is 6.86. The summed E-state index contributed by atoms with van der Waals surface area (Å²) in [5.74, 6) is 1.89. The van der Waals surface area contributed by atoms with Gasteiger partial charge in [0.1, 0.15) is 5.94 Å². The summed E-state index contributed by atoms with van der Waals surface area (Å²) in [6, 6.07) is 0. The van der Waals surface area contributed by atoms with E-state index in [0.29, 0.717) is 5.57 Å². The van der Waals surface area contributed by atoms with Crippen LogP contribution in [0.4, 0.5) is 0 Å². The molecule has 0 amide bonds. The molecule has 0 aromatic carbocycles. The molecule has 0 fully saturated rings. The summed E-state index contributed by atoms with van der Waals surface area (Å²) in [5.41, 5.74) is 0.630. The number of hydrogen-bond donors (Lipinski definition) is 0. The third-order valence-corrected chi connectivity index (χ3v) is 1.60. The Morgan fingerprint density at radius 3 is 3.08 bits per heavy atom. The van der Waals surface area contributed by atoms with E-state index in [9.17, 15) is 4.79 Å². The molecule has 0 aromatic rings. The molecular formula is C10H10O2. The highest BCUT2D eigenvalue weighted by Crippen LogP contribution is 2.17. The molecule has 1 rings (SSSR count). The molecule has 2 heteroatoms. The van der Waals surface area contributed by atoms with Crippen LogP contribution in [-0.4, -0.2) is 13.1 Å². The minimum absolute atomic E-state index is 0.00690. The molecule has 0 aliphatic heterocycles. The first-order chi connectivity index (χ1) is 5.88. The Kier molecular flexibility index (Phi) is 3.12. The molecule has 0 N–H and O–H groups in total. The van der Waals surface area contributed by atoms with Gasteiger partial charge in [0.05, 0.1) is 13.4 Å². The van der Waals surface area contributed by atoms with Crippen molar-refractivity contribution < 1.29 is 9.53 Å². The molecule has 0 saturated carbocycles. The quantitative estimate of drug-likeness (QED) is 0.456. The third kappa shape index (κ3) is 1.97. The van der Waals surface area contributed by atoms with E-state index in [-0.39, 0.29) is 5.92 Å². The van der Waals surface area contributed by atoms with Crippen LogP contribution in [0.1, 0.15) is 0 Å². The Labute approximate surface area is 71.5 Å². The lowest BCUT2D eigenvalue weighted by molar-refractivity contribution is 0.335. The predicted molar refractivity (Wildman–Crippen MR) is 47.1 cm³/mol. The average molecular weight is 162 g/mol. The van der Waals surface area contributed by atoms with E-state index in [1.165, 1.54) is 0 Å². The second kappa shape index (κ2) is 4.37. The molecule has 1 atom stereocenters. The molecule has 1 aliphatic rings. The molecule has 2 nitrogen and oxygen atoms in total. The normalized spacial score (nSPS) is 21.4. The number of ether oxygens (including phenoxy) is 1. The fourth-order valence-electron chi connectivity index (χ4n) is 0.991. The Hall–Kier alpha value is -1.53. The van der Waals surface area contributed by atoms with Gasteiger partial charge in [-0.3, -0.25) is 0 Å². The monoisotopic (exact) mass is 162 g/mol. The smallest absolute Gasteiger partial charge is 0.128 e. The molecule has 12 heavy (non-hydrogen) atoms. The molecule has 0 bridgehead atoms.